The Balaban J connectivity index is 1.63. The van der Waals surface area contributed by atoms with Gasteiger partial charge >= 0.3 is 6.03 Å². The number of amides is 2. The standard InChI is InChI=1S/C22H28N2O4/c1-15(2)21(17-7-10-19-20(13-17)28-12-4-11-27-19)24-22(25)23-14-16-5-8-18(26-3)9-6-16/h5-10,13,15,21H,4,11-12,14H2,1-3H3,(H2,23,24,25). The first-order valence-electron chi connectivity index (χ1n) is 9.63. The van der Waals surface area contributed by atoms with Gasteiger partial charge in [-0.3, -0.25) is 0 Å². The van der Waals surface area contributed by atoms with Crippen LogP contribution in [-0.2, 0) is 6.54 Å². The lowest BCUT2D eigenvalue weighted by Gasteiger charge is -2.24. The van der Waals surface area contributed by atoms with Crippen molar-refractivity contribution in [2.45, 2.75) is 32.9 Å². The first-order valence-corrected chi connectivity index (χ1v) is 9.63. The molecule has 28 heavy (non-hydrogen) atoms. The van der Waals surface area contributed by atoms with Gasteiger partial charge in [-0.15, -0.1) is 0 Å². The molecule has 0 radical (unpaired) electrons. The number of ether oxygens (including phenoxy) is 3. The maximum atomic E-state index is 12.5. The number of benzene rings is 2. The molecule has 1 aliphatic rings. The third-order valence-corrected chi connectivity index (χ3v) is 4.70. The van der Waals surface area contributed by atoms with Crippen molar-refractivity contribution < 1.29 is 19.0 Å². The predicted molar refractivity (Wildman–Crippen MR) is 108 cm³/mol. The lowest BCUT2D eigenvalue weighted by atomic mass is 9.96. The largest absolute Gasteiger partial charge is 0.497 e. The molecule has 1 heterocycles. The number of hydrogen-bond donors (Lipinski definition) is 2. The average Bonchev–Trinajstić information content (AvgIpc) is 2.95. The van der Waals surface area contributed by atoms with Crippen molar-refractivity contribution in [2.24, 2.45) is 5.92 Å². The summed E-state index contributed by atoms with van der Waals surface area (Å²) >= 11 is 0. The molecule has 0 bridgehead atoms. The quantitative estimate of drug-likeness (QED) is 0.788. The highest BCUT2D eigenvalue weighted by Crippen LogP contribution is 2.34. The molecular weight excluding hydrogens is 356 g/mol. The molecule has 1 atom stereocenters. The van der Waals surface area contributed by atoms with Crippen LogP contribution in [0.2, 0.25) is 0 Å². The van der Waals surface area contributed by atoms with Gasteiger partial charge in [0.1, 0.15) is 5.75 Å². The minimum absolute atomic E-state index is 0.131. The fraction of sp³-hybridized carbons (Fsp3) is 0.409. The Labute approximate surface area is 166 Å². The molecule has 0 spiro atoms. The van der Waals surface area contributed by atoms with Crippen LogP contribution in [0.4, 0.5) is 4.79 Å². The third kappa shape index (κ3) is 5.09. The number of hydrogen-bond acceptors (Lipinski definition) is 4. The molecular formula is C22H28N2O4. The molecule has 2 aromatic rings. The Morgan fingerprint density at radius 1 is 1.07 bits per heavy atom. The average molecular weight is 384 g/mol. The van der Waals surface area contributed by atoms with Crippen molar-refractivity contribution in [3.05, 3.63) is 53.6 Å². The molecule has 2 amide bonds. The number of fused-ring (bicyclic) bond motifs is 1. The van der Waals surface area contributed by atoms with Gasteiger partial charge < -0.3 is 24.8 Å². The summed E-state index contributed by atoms with van der Waals surface area (Å²) in [5.41, 5.74) is 2.01. The number of carbonyl (C=O) groups is 1. The third-order valence-electron chi connectivity index (χ3n) is 4.70. The smallest absolute Gasteiger partial charge is 0.315 e. The van der Waals surface area contributed by atoms with Gasteiger partial charge in [0.2, 0.25) is 0 Å². The summed E-state index contributed by atoms with van der Waals surface area (Å²) in [5, 5.41) is 5.99. The summed E-state index contributed by atoms with van der Waals surface area (Å²) in [6.45, 7) is 5.90. The van der Waals surface area contributed by atoms with Crippen molar-refractivity contribution >= 4 is 6.03 Å². The molecule has 2 N–H and O–H groups in total. The number of urea groups is 1. The number of methoxy groups -OCH3 is 1. The van der Waals surface area contributed by atoms with E-state index in [1.165, 1.54) is 0 Å². The van der Waals surface area contributed by atoms with Crippen LogP contribution in [0.15, 0.2) is 42.5 Å². The zero-order valence-corrected chi connectivity index (χ0v) is 16.7. The van der Waals surface area contributed by atoms with Crippen molar-refractivity contribution in [1.82, 2.24) is 10.6 Å². The predicted octanol–water partition coefficient (Wildman–Crippen LogP) is 4.05. The Bertz CT molecular complexity index is 790. The second-order valence-corrected chi connectivity index (χ2v) is 7.15. The van der Waals surface area contributed by atoms with Gasteiger partial charge in [-0.1, -0.05) is 32.0 Å². The molecule has 0 fully saturated rings. The van der Waals surface area contributed by atoms with Crippen molar-refractivity contribution in [3.63, 3.8) is 0 Å². The second-order valence-electron chi connectivity index (χ2n) is 7.15. The van der Waals surface area contributed by atoms with E-state index in [0.29, 0.717) is 19.8 Å². The van der Waals surface area contributed by atoms with Crippen LogP contribution in [0.25, 0.3) is 0 Å². The molecule has 0 saturated carbocycles. The molecule has 1 aliphatic heterocycles. The van der Waals surface area contributed by atoms with Crippen LogP contribution < -0.4 is 24.8 Å². The molecule has 6 nitrogen and oxygen atoms in total. The van der Waals surface area contributed by atoms with Gasteiger partial charge in [0.05, 0.1) is 26.4 Å². The van der Waals surface area contributed by atoms with E-state index in [9.17, 15) is 4.79 Å². The van der Waals surface area contributed by atoms with Crippen molar-refractivity contribution in [1.29, 1.82) is 0 Å². The highest BCUT2D eigenvalue weighted by Gasteiger charge is 2.21. The molecule has 6 heteroatoms. The van der Waals surface area contributed by atoms with E-state index in [0.717, 1.165) is 34.8 Å². The molecule has 0 aromatic heterocycles. The lowest BCUT2D eigenvalue weighted by Crippen LogP contribution is -2.39. The normalized spacial score (nSPS) is 14.1. The van der Waals surface area contributed by atoms with Crippen LogP contribution in [0.1, 0.15) is 37.4 Å². The van der Waals surface area contributed by atoms with Crippen LogP contribution in [-0.4, -0.2) is 26.4 Å². The zero-order valence-electron chi connectivity index (χ0n) is 16.7. The first-order chi connectivity index (χ1) is 13.6. The molecule has 0 saturated heterocycles. The van der Waals surface area contributed by atoms with E-state index in [1.807, 2.05) is 42.5 Å². The molecule has 3 rings (SSSR count). The zero-order chi connectivity index (χ0) is 19.9. The van der Waals surface area contributed by atoms with E-state index in [2.05, 4.69) is 24.5 Å². The summed E-state index contributed by atoms with van der Waals surface area (Å²) in [6.07, 6.45) is 0.865. The van der Waals surface area contributed by atoms with E-state index in [4.69, 9.17) is 14.2 Å². The summed E-state index contributed by atoms with van der Waals surface area (Å²) in [7, 11) is 1.63. The molecule has 1 unspecified atom stereocenters. The molecule has 150 valence electrons. The van der Waals surface area contributed by atoms with Gasteiger partial charge in [-0.05, 0) is 41.3 Å². The topological polar surface area (TPSA) is 68.8 Å². The van der Waals surface area contributed by atoms with Gasteiger partial charge in [0, 0.05) is 13.0 Å². The van der Waals surface area contributed by atoms with Crippen LogP contribution in [0.5, 0.6) is 17.2 Å². The fourth-order valence-corrected chi connectivity index (χ4v) is 3.13. The van der Waals surface area contributed by atoms with Gasteiger partial charge in [-0.2, -0.15) is 0 Å². The van der Waals surface area contributed by atoms with E-state index < -0.39 is 0 Å². The molecule has 2 aromatic carbocycles. The minimum atomic E-state index is -0.207. The monoisotopic (exact) mass is 384 g/mol. The van der Waals surface area contributed by atoms with Gasteiger partial charge in [0.25, 0.3) is 0 Å². The Morgan fingerprint density at radius 3 is 2.46 bits per heavy atom. The highest BCUT2D eigenvalue weighted by atomic mass is 16.5. The summed E-state index contributed by atoms with van der Waals surface area (Å²) in [5.74, 6) is 2.51. The summed E-state index contributed by atoms with van der Waals surface area (Å²) in [6, 6.07) is 13.2. The maximum absolute atomic E-state index is 12.5. The Kier molecular flexibility index (Phi) is 6.63. The van der Waals surface area contributed by atoms with E-state index >= 15 is 0 Å². The Morgan fingerprint density at radius 2 is 1.79 bits per heavy atom. The summed E-state index contributed by atoms with van der Waals surface area (Å²) < 4.78 is 16.6. The maximum Gasteiger partial charge on any atom is 0.315 e. The van der Waals surface area contributed by atoms with Crippen LogP contribution >= 0.6 is 0 Å². The highest BCUT2D eigenvalue weighted by molar-refractivity contribution is 5.74. The number of rotatable bonds is 6. The Hall–Kier alpha value is -2.89. The van der Waals surface area contributed by atoms with Crippen molar-refractivity contribution in [2.75, 3.05) is 20.3 Å². The SMILES string of the molecule is COc1ccc(CNC(=O)NC(c2ccc3c(c2)OCCCO3)C(C)C)cc1. The van der Waals surface area contributed by atoms with E-state index in [1.54, 1.807) is 7.11 Å². The minimum Gasteiger partial charge on any atom is -0.497 e. The van der Waals surface area contributed by atoms with Crippen LogP contribution in [0, 0.1) is 5.92 Å². The van der Waals surface area contributed by atoms with Gasteiger partial charge in [0.15, 0.2) is 11.5 Å². The fourth-order valence-electron chi connectivity index (χ4n) is 3.13. The lowest BCUT2D eigenvalue weighted by molar-refractivity contribution is 0.232. The number of nitrogens with one attached hydrogen (secondary N) is 2. The van der Waals surface area contributed by atoms with Gasteiger partial charge in [-0.25, -0.2) is 4.79 Å². The molecule has 0 aliphatic carbocycles. The van der Waals surface area contributed by atoms with Crippen molar-refractivity contribution in [3.8, 4) is 17.2 Å². The van der Waals surface area contributed by atoms with E-state index in [-0.39, 0.29) is 18.0 Å². The van der Waals surface area contributed by atoms with Crippen LogP contribution in [0.3, 0.4) is 0 Å². The summed E-state index contributed by atoms with van der Waals surface area (Å²) in [4.78, 5) is 12.5. The number of carbonyl (C=O) groups excluding carboxylic acids is 1. The first kappa shape index (κ1) is 19.9. The second kappa shape index (κ2) is 9.35.